The van der Waals surface area contributed by atoms with E-state index in [0.717, 1.165) is 19.0 Å². The largest absolute Gasteiger partial charge is 0.395 e. The van der Waals surface area contributed by atoms with E-state index in [1.807, 2.05) is 23.8 Å². The Hall–Kier alpha value is -0.610. The van der Waals surface area contributed by atoms with Gasteiger partial charge in [-0.05, 0) is 25.3 Å². The fourth-order valence-corrected chi connectivity index (χ4v) is 1.59. The summed E-state index contributed by atoms with van der Waals surface area (Å²) in [4.78, 5) is 15.5. The molecule has 0 aromatic rings. The van der Waals surface area contributed by atoms with Gasteiger partial charge in [0.25, 0.3) is 0 Å². The van der Waals surface area contributed by atoms with Gasteiger partial charge in [-0.15, -0.1) is 0 Å². The molecule has 0 aromatic carbocycles. The van der Waals surface area contributed by atoms with Crippen LogP contribution in [0.15, 0.2) is 0 Å². The average molecular weight is 214 g/mol. The van der Waals surface area contributed by atoms with Gasteiger partial charge in [0.2, 0.25) is 5.91 Å². The number of amides is 1. The second kappa shape index (κ2) is 6.08. The van der Waals surface area contributed by atoms with Gasteiger partial charge in [-0.2, -0.15) is 0 Å². The fourth-order valence-electron chi connectivity index (χ4n) is 1.59. The smallest absolute Gasteiger partial charge is 0.236 e. The molecule has 1 saturated carbocycles. The minimum absolute atomic E-state index is 0.119. The topological polar surface area (TPSA) is 43.8 Å². The Bertz CT molecular complexity index is 205. The van der Waals surface area contributed by atoms with E-state index in [-0.39, 0.29) is 12.5 Å². The van der Waals surface area contributed by atoms with Crippen LogP contribution in [0.5, 0.6) is 0 Å². The van der Waals surface area contributed by atoms with E-state index in [0.29, 0.717) is 13.1 Å². The quantitative estimate of drug-likeness (QED) is 0.657. The fraction of sp³-hybridized carbons (Fsp3) is 0.909. The van der Waals surface area contributed by atoms with Crippen LogP contribution < -0.4 is 0 Å². The van der Waals surface area contributed by atoms with Crippen LogP contribution in [0.4, 0.5) is 0 Å². The molecule has 0 atom stereocenters. The highest BCUT2D eigenvalue weighted by Gasteiger charge is 2.25. The van der Waals surface area contributed by atoms with Crippen LogP contribution in [-0.4, -0.2) is 60.6 Å². The molecule has 0 aromatic heterocycles. The predicted octanol–water partition coefficient (Wildman–Crippen LogP) is 0.169. The van der Waals surface area contributed by atoms with Gasteiger partial charge in [-0.1, -0.05) is 6.92 Å². The molecule has 1 amide bonds. The number of rotatable bonds is 7. The summed E-state index contributed by atoms with van der Waals surface area (Å²) in [5.74, 6) is 0.907. The molecule has 1 fully saturated rings. The summed E-state index contributed by atoms with van der Waals surface area (Å²) in [6.07, 6.45) is 2.54. The summed E-state index contributed by atoms with van der Waals surface area (Å²) >= 11 is 0. The zero-order valence-electron chi connectivity index (χ0n) is 9.78. The lowest BCUT2D eigenvalue weighted by Gasteiger charge is -2.23. The molecular weight excluding hydrogens is 192 g/mol. The van der Waals surface area contributed by atoms with Crippen molar-refractivity contribution < 1.29 is 9.90 Å². The monoisotopic (exact) mass is 214 g/mol. The van der Waals surface area contributed by atoms with E-state index < -0.39 is 0 Å². The average Bonchev–Trinajstić information content (AvgIpc) is 3.00. The van der Waals surface area contributed by atoms with Crippen molar-refractivity contribution in [2.75, 3.05) is 39.8 Å². The summed E-state index contributed by atoms with van der Waals surface area (Å²) in [7, 11) is 1.87. The normalized spacial score (nSPS) is 15.7. The molecule has 4 nitrogen and oxygen atoms in total. The Balaban J connectivity index is 2.24. The van der Waals surface area contributed by atoms with Crippen LogP contribution >= 0.6 is 0 Å². The lowest BCUT2D eigenvalue weighted by atomic mass is 10.3. The zero-order chi connectivity index (χ0) is 11.3. The van der Waals surface area contributed by atoms with Crippen molar-refractivity contribution in [3.05, 3.63) is 0 Å². The van der Waals surface area contributed by atoms with Gasteiger partial charge >= 0.3 is 0 Å². The van der Waals surface area contributed by atoms with Crippen LogP contribution in [0, 0.1) is 5.92 Å². The number of carbonyl (C=O) groups is 1. The van der Waals surface area contributed by atoms with Gasteiger partial charge < -0.3 is 10.0 Å². The summed E-state index contributed by atoms with van der Waals surface area (Å²) in [5.41, 5.74) is 0. The lowest BCUT2D eigenvalue weighted by Crippen LogP contribution is -2.40. The van der Waals surface area contributed by atoms with Crippen LogP contribution in [0.1, 0.15) is 19.8 Å². The Kier molecular flexibility index (Phi) is 5.05. The van der Waals surface area contributed by atoms with Crippen LogP contribution in [0.3, 0.4) is 0 Å². The third-order valence-electron chi connectivity index (χ3n) is 2.88. The van der Waals surface area contributed by atoms with E-state index in [4.69, 9.17) is 5.11 Å². The maximum atomic E-state index is 11.8. The van der Waals surface area contributed by atoms with E-state index in [1.165, 1.54) is 12.8 Å². The number of aliphatic hydroxyl groups is 1. The van der Waals surface area contributed by atoms with Gasteiger partial charge in [0.1, 0.15) is 0 Å². The van der Waals surface area contributed by atoms with Crippen molar-refractivity contribution in [3.8, 4) is 0 Å². The van der Waals surface area contributed by atoms with Gasteiger partial charge in [-0.25, -0.2) is 0 Å². The molecule has 0 radical (unpaired) electrons. The minimum Gasteiger partial charge on any atom is -0.395 e. The van der Waals surface area contributed by atoms with Crippen molar-refractivity contribution >= 4 is 5.91 Å². The molecule has 1 rings (SSSR count). The summed E-state index contributed by atoms with van der Waals surface area (Å²) in [6, 6.07) is 0. The Morgan fingerprint density at radius 3 is 2.60 bits per heavy atom. The third-order valence-corrected chi connectivity index (χ3v) is 2.88. The van der Waals surface area contributed by atoms with Crippen molar-refractivity contribution in [1.29, 1.82) is 0 Å². The molecule has 1 aliphatic rings. The number of hydrogen-bond donors (Lipinski definition) is 1. The number of aliphatic hydroxyl groups excluding tert-OH is 1. The Morgan fingerprint density at radius 1 is 1.47 bits per heavy atom. The van der Waals surface area contributed by atoms with Gasteiger partial charge in [-0.3, -0.25) is 9.69 Å². The first-order valence-corrected chi connectivity index (χ1v) is 5.74. The molecule has 0 bridgehead atoms. The van der Waals surface area contributed by atoms with E-state index >= 15 is 0 Å². The Labute approximate surface area is 91.9 Å². The van der Waals surface area contributed by atoms with Crippen LogP contribution in [-0.2, 0) is 4.79 Å². The lowest BCUT2D eigenvalue weighted by molar-refractivity contribution is -0.131. The first kappa shape index (κ1) is 12.5. The molecule has 15 heavy (non-hydrogen) atoms. The maximum Gasteiger partial charge on any atom is 0.236 e. The first-order valence-electron chi connectivity index (χ1n) is 5.74. The van der Waals surface area contributed by atoms with Crippen molar-refractivity contribution in [2.45, 2.75) is 19.8 Å². The number of likely N-dealkylation sites (N-methyl/N-ethyl adjacent to an activating group) is 2. The van der Waals surface area contributed by atoms with E-state index in [1.54, 1.807) is 0 Å². The van der Waals surface area contributed by atoms with Gasteiger partial charge in [0.05, 0.1) is 13.2 Å². The van der Waals surface area contributed by atoms with Crippen LogP contribution in [0.2, 0.25) is 0 Å². The van der Waals surface area contributed by atoms with Gasteiger partial charge in [0, 0.05) is 20.1 Å². The molecule has 0 heterocycles. The molecule has 4 heteroatoms. The highest BCUT2D eigenvalue weighted by atomic mass is 16.3. The number of hydrogen-bond acceptors (Lipinski definition) is 3. The minimum atomic E-state index is 0.119. The summed E-state index contributed by atoms with van der Waals surface area (Å²) in [6.45, 7) is 4.84. The molecule has 0 unspecified atom stereocenters. The maximum absolute atomic E-state index is 11.8. The third kappa shape index (κ3) is 4.62. The molecule has 0 saturated heterocycles. The van der Waals surface area contributed by atoms with Crippen molar-refractivity contribution in [1.82, 2.24) is 9.80 Å². The number of carbonyl (C=O) groups excluding carboxylic acids is 1. The first-order chi connectivity index (χ1) is 7.17. The molecule has 0 spiro atoms. The van der Waals surface area contributed by atoms with Crippen molar-refractivity contribution in [3.63, 3.8) is 0 Å². The highest BCUT2D eigenvalue weighted by Crippen LogP contribution is 2.29. The highest BCUT2D eigenvalue weighted by molar-refractivity contribution is 5.78. The summed E-state index contributed by atoms with van der Waals surface area (Å²) in [5, 5.41) is 8.81. The second-order valence-corrected chi connectivity index (χ2v) is 4.31. The molecule has 88 valence electrons. The molecule has 0 aliphatic heterocycles. The zero-order valence-corrected chi connectivity index (χ0v) is 9.78. The number of nitrogens with zero attached hydrogens (tertiary/aromatic N) is 2. The predicted molar refractivity (Wildman–Crippen MR) is 59.6 cm³/mol. The second-order valence-electron chi connectivity index (χ2n) is 4.31. The molecular formula is C11H22N2O2. The SMILES string of the molecule is CCN(CCO)CC(=O)N(C)CC1CC1. The molecule has 1 N–H and O–H groups in total. The van der Waals surface area contributed by atoms with Crippen molar-refractivity contribution in [2.24, 2.45) is 5.92 Å². The molecule has 1 aliphatic carbocycles. The van der Waals surface area contributed by atoms with E-state index in [9.17, 15) is 4.79 Å². The Morgan fingerprint density at radius 2 is 2.13 bits per heavy atom. The van der Waals surface area contributed by atoms with Gasteiger partial charge in [0.15, 0.2) is 0 Å². The standard InChI is InChI=1S/C11H22N2O2/c1-3-13(6-7-14)9-11(15)12(2)8-10-4-5-10/h10,14H,3-9H2,1-2H3. The summed E-state index contributed by atoms with van der Waals surface area (Å²) < 4.78 is 0. The van der Waals surface area contributed by atoms with Crippen LogP contribution in [0.25, 0.3) is 0 Å². The van der Waals surface area contributed by atoms with E-state index in [2.05, 4.69) is 0 Å².